The van der Waals surface area contributed by atoms with Crippen LogP contribution in [-0.4, -0.2) is 37.5 Å². The fourth-order valence-electron chi connectivity index (χ4n) is 1.27. The summed E-state index contributed by atoms with van der Waals surface area (Å²) in [6.45, 7) is 2.56. The van der Waals surface area contributed by atoms with Gasteiger partial charge in [-0.25, -0.2) is 4.79 Å². The standard InChI is InChI=1S/C11H15NO3S/c1-8-5-7-16-9(8)4-6-12(2)10(13)11(14)15-3/h5,7H,4,6H2,1-3H3. The highest BCUT2D eigenvalue weighted by Crippen LogP contribution is 2.16. The van der Waals surface area contributed by atoms with E-state index < -0.39 is 11.9 Å². The van der Waals surface area contributed by atoms with E-state index in [1.165, 1.54) is 22.5 Å². The first-order chi connectivity index (χ1) is 7.56. The number of thiophene rings is 1. The number of rotatable bonds is 3. The minimum absolute atomic E-state index is 0.523. The molecule has 5 heteroatoms. The quantitative estimate of drug-likeness (QED) is 0.590. The summed E-state index contributed by atoms with van der Waals surface area (Å²) in [6.07, 6.45) is 0.767. The van der Waals surface area contributed by atoms with E-state index in [-0.39, 0.29) is 0 Å². The monoisotopic (exact) mass is 241 g/mol. The molecule has 0 fully saturated rings. The number of nitrogens with zero attached hydrogens (tertiary/aromatic N) is 1. The molecule has 0 aromatic carbocycles. The van der Waals surface area contributed by atoms with Crippen LogP contribution in [0.25, 0.3) is 0 Å². The molecule has 0 atom stereocenters. The van der Waals surface area contributed by atoms with Crippen LogP contribution in [0.1, 0.15) is 10.4 Å². The Hall–Kier alpha value is -1.36. The summed E-state index contributed by atoms with van der Waals surface area (Å²) in [4.78, 5) is 25.0. The second-order valence-corrected chi connectivity index (χ2v) is 4.50. The normalized spacial score (nSPS) is 9.94. The first kappa shape index (κ1) is 12.7. The molecular weight excluding hydrogens is 226 g/mol. The van der Waals surface area contributed by atoms with Crippen molar-refractivity contribution in [2.75, 3.05) is 20.7 Å². The maximum atomic E-state index is 11.4. The van der Waals surface area contributed by atoms with Gasteiger partial charge in [-0.15, -0.1) is 11.3 Å². The number of likely N-dealkylation sites (N-methyl/N-ethyl adjacent to an activating group) is 1. The maximum absolute atomic E-state index is 11.4. The van der Waals surface area contributed by atoms with E-state index in [1.807, 2.05) is 18.4 Å². The number of methoxy groups -OCH3 is 1. The van der Waals surface area contributed by atoms with E-state index in [0.717, 1.165) is 6.42 Å². The maximum Gasteiger partial charge on any atom is 0.396 e. The Kier molecular flexibility index (Phi) is 4.49. The van der Waals surface area contributed by atoms with Crippen LogP contribution in [0.4, 0.5) is 0 Å². The van der Waals surface area contributed by atoms with E-state index in [2.05, 4.69) is 4.74 Å². The van der Waals surface area contributed by atoms with Crippen molar-refractivity contribution in [1.82, 2.24) is 4.90 Å². The van der Waals surface area contributed by atoms with Crippen molar-refractivity contribution in [3.8, 4) is 0 Å². The molecule has 16 heavy (non-hydrogen) atoms. The number of aryl methyl sites for hydroxylation is 1. The highest BCUT2D eigenvalue weighted by atomic mass is 32.1. The number of carbonyl (C=O) groups is 2. The van der Waals surface area contributed by atoms with Crippen molar-refractivity contribution in [2.45, 2.75) is 13.3 Å². The van der Waals surface area contributed by atoms with Crippen molar-refractivity contribution in [3.05, 3.63) is 21.9 Å². The van der Waals surface area contributed by atoms with Gasteiger partial charge in [0.05, 0.1) is 7.11 Å². The molecule has 1 rings (SSSR count). The molecule has 0 aliphatic rings. The number of amides is 1. The third-order valence-corrected chi connectivity index (χ3v) is 3.43. The van der Waals surface area contributed by atoms with Crippen molar-refractivity contribution < 1.29 is 14.3 Å². The molecule has 0 radical (unpaired) electrons. The Balaban J connectivity index is 2.47. The van der Waals surface area contributed by atoms with Crippen LogP contribution in [0, 0.1) is 6.92 Å². The molecule has 0 spiro atoms. The summed E-state index contributed by atoms with van der Waals surface area (Å²) in [7, 11) is 2.81. The van der Waals surface area contributed by atoms with Crippen LogP contribution in [0.2, 0.25) is 0 Å². The summed E-state index contributed by atoms with van der Waals surface area (Å²) >= 11 is 1.66. The van der Waals surface area contributed by atoms with Gasteiger partial charge in [0.15, 0.2) is 0 Å². The van der Waals surface area contributed by atoms with Gasteiger partial charge in [0.25, 0.3) is 0 Å². The first-order valence-electron chi connectivity index (χ1n) is 4.92. The van der Waals surface area contributed by atoms with Gasteiger partial charge in [-0.2, -0.15) is 0 Å². The molecule has 0 unspecified atom stereocenters. The minimum Gasteiger partial charge on any atom is -0.462 e. The van der Waals surface area contributed by atoms with Crippen LogP contribution in [0.5, 0.6) is 0 Å². The van der Waals surface area contributed by atoms with Gasteiger partial charge >= 0.3 is 11.9 Å². The number of hydrogen-bond donors (Lipinski definition) is 0. The molecular formula is C11H15NO3S. The van der Waals surface area contributed by atoms with E-state index in [1.54, 1.807) is 18.4 Å². The number of hydrogen-bond acceptors (Lipinski definition) is 4. The highest BCUT2D eigenvalue weighted by Gasteiger charge is 2.18. The van der Waals surface area contributed by atoms with Crippen molar-refractivity contribution in [1.29, 1.82) is 0 Å². The predicted octanol–water partition coefficient (Wildman–Crippen LogP) is 1.23. The largest absolute Gasteiger partial charge is 0.462 e. The number of esters is 1. The van der Waals surface area contributed by atoms with Crippen molar-refractivity contribution in [3.63, 3.8) is 0 Å². The third kappa shape index (κ3) is 3.06. The van der Waals surface area contributed by atoms with Gasteiger partial charge in [0, 0.05) is 18.5 Å². The second kappa shape index (κ2) is 5.65. The zero-order valence-electron chi connectivity index (χ0n) is 9.65. The van der Waals surface area contributed by atoms with E-state index in [0.29, 0.717) is 6.54 Å². The van der Waals surface area contributed by atoms with Crippen LogP contribution >= 0.6 is 11.3 Å². The molecule has 0 saturated heterocycles. The lowest BCUT2D eigenvalue weighted by Crippen LogP contribution is -2.35. The average molecular weight is 241 g/mol. The topological polar surface area (TPSA) is 46.6 Å². The van der Waals surface area contributed by atoms with Gasteiger partial charge in [-0.1, -0.05) is 0 Å². The summed E-state index contributed by atoms with van der Waals surface area (Å²) in [6, 6.07) is 2.04. The van der Waals surface area contributed by atoms with E-state index in [4.69, 9.17) is 0 Å². The SMILES string of the molecule is COC(=O)C(=O)N(C)CCc1sccc1C. The van der Waals surface area contributed by atoms with Crippen LogP contribution in [0.15, 0.2) is 11.4 Å². The molecule has 0 bridgehead atoms. The lowest BCUT2D eigenvalue weighted by molar-refractivity contribution is -0.157. The lowest BCUT2D eigenvalue weighted by Gasteiger charge is -2.14. The first-order valence-corrected chi connectivity index (χ1v) is 5.80. The predicted molar refractivity (Wildman–Crippen MR) is 62.4 cm³/mol. The van der Waals surface area contributed by atoms with Crippen LogP contribution in [-0.2, 0) is 20.7 Å². The molecule has 0 aliphatic heterocycles. The Morgan fingerprint density at radius 2 is 2.19 bits per heavy atom. The zero-order chi connectivity index (χ0) is 12.1. The van der Waals surface area contributed by atoms with Gasteiger partial charge in [0.2, 0.25) is 0 Å². The molecule has 1 aromatic rings. The smallest absolute Gasteiger partial charge is 0.396 e. The lowest BCUT2D eigenvalue weighted by atomic mass is 10.2. The van der Waals surface area contributed by atoms with Gasteiger partial charge in [-0.3, -0.25) is 4.79 Å². The summed E-state index contributed by atoms with van der Waals surface area (Å²) < 4.78 is 4.37. The zero-order valence-corrected chi connectivity index (χ0v) is 10.5. The van der Waals surface area contributed by atoms with Crippen LogP contribution < -0.4 is 0 Å². The molecule has 1 heterocycles. The molecule has 1 amide bonds. The van der Waals surface area contributed by atoms with E-state index in [9.17, 15) is 9.59 Å². The van der Waals surface area contributed by atoms with Crippen LogP contribution in [0.3, 0.4) is 0 Å². The fraction of sp³-hybridized carbons (Fsp3) is 0.455. The molecule has 4 nitrogen and oxygen atoms in total. The second-order valence-electron chi connectivity index (χ2n) is 3.50. The Morgan fingerprint density at radius 3 is 2.69 bits per heavy atom. The molecule has 0 aliphatic carbocycles. The van der Waals surface area contributed by atoms with Gasteiger partial charge < -0.3 is 9.64 Å². The number of carbonyl (C=O) groups excluding carboxylic acids is 2. The summed E-state index contributed by atoms with van der Waals surface area (Å²) in [5.41, 5.74) is 1.23. The third-order valence-electron chi connectivity index (χ3n) is 2.35. The van der Waals surface area contributed by atoms with E-state index >= 15 is 0 Å². The van der Waals surface area contributed by atoms with Gasteiger partial charge in [0.1, 0.15) is 0 Å². The van der Waals surface area contributed by atoms with Crippen molar-refractivity contribution in [2.24, 2.45) is 0 Å². The van der Waals surface area contributed by atoms with Crippen molar-refractivity contribution >= 4 is 23.2 Å². The highest BCUT2D eigenvalue weighted by molar-refractivity contribution is 7.10. The Bertz CT molecular complexity index is 386. The summed E-state index contributed by atoms with van der Waals surface area (Å²) in [5, 5.41) is 2.02. The molecule has 88 valence electrons. The Morgan fingerprint density at radius 1 is 1.50 bits per heavy atom. The Labute approximate surface area is 98.8 Å². The molecule has 0 N–H and O–H groups in total. The number of ether oxygens (including phenoxy) is 1. The fourth-order valence-corrected chi connectivity index (χ4v) is 2.17. The molecule has 1 aromatic heterocycles. The molecule has 0 saturated carbocycles. The average Bonchev–Trinajstić information content (AvgIpc) is 2.69. The summed E-state index contributed by atoms with van der Waals surface area (Å²) in [5.74, 6) is -1.41. The minimum atomic E-state index is -0.814. The van der Waals surface area contributed by atoms with Gasteiger partial charge in [-0.05, 0) is 30.4 Å².